The third-order valence-corrected chi connectivity index (χ3v) is 10.7. The van der Waals surface area contributed by atoms with Crippen LogP contribution < -0.4 is 10.2 Å². The van der Waals surface area contributed by atoms with Gasteiger partial charge in [-0.05, 0) is 49.4 Å². The van der Waals surface area contributed by atoms with Crippen molar-refractivity contribution in [2.24, 2.45) is 11.8 Å². The molecular weight excluding hydrogens is 706 g/mol. The molecule has 3 heterocycles. The number of anilines is 1. The van der Waals surface area contributed by atoms with Gasteiger partial charge in [0.05, 0.1) is 37.2 Å². The Morgan fingerprint density at radius 1 is 1.18 bits per heavy atom. The number of hydrogen-bond acceptors (Lipinski definition) is 8. The SMILES string of the molecule is C=CCCC(=O)N[C@H](COC)[C@H](OC(=O)[C@H]1[C@@H]2O[C@@]3(CC2Br)[C@@H]1C(=O)N(CCO)[C@@H]3C(=O)N(CC=C)c1cc(C)ccc1C)c1ccccc1. The number of carbonyl (C=O) groups is 4. The first-order valence-corrected chi connectivity index (χ1v) is 17.8. The fourth-order valence-electron chi connectivity index (χ4n) is 7.75. The molecule has 50 heavy (non-hydrogen) atoms. The van der Waals surface area contributed by atoms with Crippen LogP contribution in [0.15, 0.2) is 73.8 Å². The lowest BCUT2D eigenvalue weighted by Gasteiger charge is -2.37. The summed E-state index contributed by atoms with van der Waals surface area (Å²) in [6.45, 7) is 11.1. The topological polar surface area (TPSA) is 135 Å². The zero-order chi connectivity index (χ0) is 36.2. The molecule has 3 saturated heterocycles. The maximum absolute atomic E-state index is 14.8. The third kappa shape index (κ3) is 7.03. The Morgan fingerprint density at radius 3 is 2.58 bits per heavy atom. The zero-order valence-electron chi connectivity index (χ0n) is 28.8. The number of esters is 1. The highest BCUT2D eigenvalue weighted by Gasteiger charge is 2.77. The van der Waals surface area contributed by atoms with E-state index in [9.17, 15) is 24.3 Å². The quantitative estimate of drug-likeness (QED) is 0.150. The van der Waals surface area contributed by atoms with Crippen LogP contribution in [0.2, 0.25) is 0 Å². The van der Waals surface area contributed by atoms with Gasteiger partial charge in [-0.1, -0.05) is 70.5 Å². The highest BCUT2D eigenvalue weighted by molar-refractivity contribution is 9.09. The maximum Gasteiger partial charge on any atom is 0.313 e. The number of nitrogens with zero attached hydrogens (tertiary/aromatic N) is 2. The van der Waals surface area contributed by atoms with E-state index >= 15 is 0 Å². The number of methoxy groups -OCH3 is 1. The van der Waals surface area contributed by atoms with Gasteiger partial charge in [0.25, 0.3) is 5.91 Å². The monoisotopic (exact) mass is 751 g/mol. The van der Waals surface area contributed by atoms with Crippen molar-refractivity contribution in [2.75, 3.05) is 38.3 Å². The van der Waals surface area contributed by atoms with Crippen LogP contribution in [0.5, 0.6) is 0 Å². The molecule has 3 fully saturated rings. The normalized spacial score (nSPS) is 26.2. The first-order valence-electron chi connectivity index (χ1n) is 16.9. The molecule has 0 radical (unpaired) electrons. The average Bonchev–Trinajstić information content (AvgIpc) is 3.69. The molecule has 3 amide bonds. The van der Waals surface area contributed by atoms with Crippen molar-refractivity contribution >= 4 is 45.3 Å². The number of rotatable bonds is 16. The van der Waals surface area contributed by atoms with Gasteiger partial charge in [0, 0.05) is 37.1 Å². The molecule has 1 spiro atoms. The van der Waals surface area contributed by atoms with Crippen LogP contribution in [0, 0.1) is 25.7 Å². The minimum atomic E-state index is -1.36. The number of ether oxygens (including phenoxy) is 3. The van der Waals surface area contributed by atoms with E-state index in [-0.39, 0.29) is 49.4 Å². The number of aliphatic hydroxyl groups is 1. The Bertz CT molecular complexity index is 1600. The Balaban J connectivity index is 1.52. The highest BCUT2D eigenvalue weighted by atomic mass is 79.9. The molecule has 0 aliphatic carbocycles. The van der Waals surface area contributed by atoms with Crippen molar-refractivity contribution in [3.8, 4) is 0 Å². The van der Waals surface area contributed by atoms with E-state index in [0.717, 1.165) is 11.1 Å². The van der Waals surface area contributed by atoms with Crippen LogP contribution in [0.4, 0.5) is 5.69 Å². The van der Waals surface area contributed by atoms with Gasteiger partial charge in [0.1, 0.15) is 17.7 Å². The van der Waals surface area contributed by atoms with Crippen molar-refractivity contribution in [2.45, 2.75) is 67.8 Å². The molecule has 1 unspecified atom stereocenters. The Kier molecular flexibility index (Phi) is 12.0. The van der Waals surface area contributed by atoms with Gasteiger partial charge in [-0.15, -0.1) is 13.2 Å². The molecule has 2 N–H and O–H groups in total. The Morgan fingerprint density at radius 2 is 1.92 bits per heavy atom. The number of carbonyl (C=O) groups excluding carboxylic acids is 4. The van der Waals surface area contributed by atoms with Crippen molar-refractivity contribution in [3.05, 3.63) is 90.5 Å². The minimum Gasteiger partial charge on any atom is -0.455 e. The summed E-state index contributed by atoms with van der Waals surface area (Å²) in [6.07, 6.45) is 2.50. The molecule has 12 heteroatoms. The number of allylic oxidation sites excluding steroid dienone is 1. The highest BCUT2D eigenvalue weighted by Crippen LogP contribution is 2.60. The number of hydrogen-bond donors (Lipinski definition) is 2. The lowest BCUT2D eigenvalue weighted by molar-refractivity contribution is -0.163. The summed E-state index contributed by atoms with van der Waals surface area (Å²) in [7, 11) is 1.49. The first-order chi connectivity index (χ1) is 24.0. The second-order valence-corrected chi connectivity index (χ2v) is 14.3. The average molecular weight is 753 g/mol. The van der Waals surface area contributed by atoms with E-state index in [0.29, 0.717) is 24.1 Å². The van der Waals surface area contributed by atoms with E-state index in [1.807, 2.05) is 38.1 Å². The summed E-state index contributed by atoms with van der Waals surface area (Å²) in [5.41, 5.74) is 1.76. The van der Waals surface area contributed by atoms with Crippen LogP contribution in [0.3, 0.4) is 0 Å². The fraction of sp³-hybridized carbons (Fsp3) is 0.474. The smallest absolute Gasteiger partial charge is 0.313 e. The summed E-state index contributed by atoms with van der Waals surface area (Å²) >= 11 is 3.71. The summed E-state index contributed by atoms with van der Waals surface area (Å²) in [6, 6.07) is 13.0. The number of fused-ring (bicyclic) bond motifs is 1. The Hall–Kier alpha value is -3.84. The second-order valence-electron chi connectivity index (χ2n) is 13.2. The predicted octanol–water partition coefficient (Wildman–Crippen LogP) is 3.94. The van der Waals surface area contributed by atoms with Gasteiger partial charge in [0.2, 0.25) is 11.8 Å². The van der Waals surface area contributed by atoms with Crippen LogP contribution in [0.25, 0.3) is 0 Å². The molecule has 2 aromatic carbocycles. The number of likely N-dealkylation sites (tertiary alicyclic amines) is 1. The number of halogens is 1. The molecule has 3 aliphatic rings. The van der Waals surface area contributed by atoms with Gasteiger partial charge in [-0.2, -0.15) is 0 Å². The minimum absolute atomic E-state index is 0.0446. The standard InChI is InChI=1S/C38H46BrN3O8/c1-6-8-14-29(44)40-27(22-48-5)32(25-12-10-9-11-13-25)49-37(47)30-31-35(45)42(18-19-43)34(38(31)21-26(39)33(30)50-38)36(46)41(17-7-2)28-20-23(3)15-16-24(28)4/h6-7,9-13,15-16,20,26-27,30-34,43H,1-2,8,14,17-19,21-22H2,3-5H3,(H,40,44)/t26?,27-,30-,31+,32-,33-,34-,38+/m1/s1. The van der Waals surface area contributed by atoms with Crippen molar-refractivity contribution in [1.29, 1.82) is 0 Å². The van der Waals surface area contributed by atoms with Gasteiger partial charge < -0.3 is 34.4 Å². The summed E-state index contributed by atoms with van der Waals surface area (Å²) < 4.78 is 18.4. The van der Waals surface area contributed by atoms with E-state index in [4.69, 9.17) is 14.2 Å². The number of aliphatic hydroxyl groups excluding tert-OH is 1. The van der Waals surface area contributed by atoms with Crippen LogP contribution >= 0.6 is 15.9 Å². The number of amides is 3. The van der Waals surface area contributed by atoms with Crippen LogP contribution in [0.1, 0.15) is 42.1 Å². The van der Waals surface area contributed by atoms with Gasteiger partial charge >= 0.3 is 5.97 Å². The van der Waals surface area contributed by atoms with E-state index in [2.05, 4.69) is 34.4 Å². The second kappa shape index (κ2) is 16.0. The largest absolute Gasteiger partial charge is 0.455 e. The molecule has 11 nitrogen and oxygen atoms in total. The summed E-state index contributed by atoms with van der Waals surface area (Å²) in [5.74, 6) is -3.90. The van der Waals surface area contributed by atoms with Gasteiger partial charge in [-0.3, -0.25) is 19.2 Å². The number of aryl methyl sites for hydroxylation is 2. The van der Waals surface area contributed by atoms with Gasteiger partial charge in [0.15, 0.2) is 0 Å². The Labute approximate surface area is 301 Å². The van der Waals surface area contributed by atoms with E-state index < -0.39 is 53.6 Å². The molecule has 268 valence electrons. The predicted molar refractivity (Wildman–Crippen MR) is 191 cm³/mol. The molecule has 5 rings (SSSR count). The number of alkyl halides is 1. The third-order valence-electron chi connectivity index (χ3n) is 9.87. The molecule has 0 aromatic heterocycles. The number of nitrogens with one attached hydrogen (secondary N) is 1. The van der Waals surface area contributed by atoms with Crippen LogP contribution in [-0.4, -0.2) is 95.7 Å². The lowest BCUT2D eigenvalue weighted by Crippen LogP contribution is -2.57. The first kappa shape index (κ1) is 37.4. The van der Waals surface area contributed by atoms with Crippen LogP contribution in [-0.2, 0) is 33.4 Å². The number of benzene rings is 2. The molecular formula is C38H46BrN3O8. The fourth-order valence-corrected chi connectivity index (χ4v) is 8.69. The number of β-amino-alcohol motifs (C(OH)–C–C–N with tert-alkyl or cyclic N) is 1. The van der Waals surface area contributed by atoms with Crippen molar-refractivity contribution in [3.63, 3.8) is 0 Å². The lowest BCUT2D eigenvalue weighted by atomic mass is 9.70. The molecule has 2 aromatic rings. The molecule has 8 atom stereocenters. The molecule has 3 aliphatic heterocycles. The van der Waals surface area contributed by atoms with Gasteiger partial charge in [-0.25, -0.2) is 0 Å². The van der Waals surface area contributed by atoms with Crippen molar-refractivity contribution < 1.29 is 38.5 Å². The van der Waals surface area contributed by atoms with Crippen molar-refractivity contribution in [1.82, 2.24) is 10.2 Å². The van der Waals surface area contributed by atoms with E-state index in [1.165, 1.54) is 12.0 Å². The summed E-state index contributed by atoms with van der Waals surface area (Å²) in [4.78, 5) is 59.1. The molecule has 0 saturated carbocycles. The maximum atomic E-state index is 14.8. The molecule has 2 bridgehead atoms. The zero-order valence-corrected chi connectivity index (χ0v) is 30.3. The summed E-state index contributed by atoms with van der Waals surface area (Å²) in [5, 5.41) is 13.0. The van der Waals surface area contributed by atoms with E-state index in [1.54, 1.807) is 41.3 Å².